The lowest BCUT2D eigenvalue weighted by molar-refractivity contribution is -0.00454. The van der Waals surface area contributed by atoms with Crippen molar-refractivity contribution < 1.29 is 9.84 Å². The third kappa shape index (κ3) is 2.88. The molecular weight excluding hydrogens is 212 g/mol. The summed E-state index contributed by atoms with van der Waals surface area (Å²) >= 11 is 0. The molecule has 2 atom stereocenters. The predicted molar refractivity (Wildman–Crippen MR) is 69.2 cm³/mol. The van der Waals surface area contributed by atoms with Gasteiger partial charge in [-0.05, 0) is 43.9 Å². The maximum atomic E-state index is 10.5. The van der Waals surface area contributed by atoms with Gasteiger partial charge in [-0.1, -0.05) is 18.2 Å². The topological polar surface area (TPSA) is 29.5 Å². The van der Waals surface area contributed by atoms with E-state index in [1.807, 2.05) is 6.92 Å². The molecule has 0 amide bonds. The second-order valence-electron chi connectivity index (χ2n) is 5.51. The van der Waals surface area contributed by atoms with Crippen LogP contribution in [0, 0.1) is 19.8 Å². The van der Waals surface area contributed by atoms with Crippen LogP contribution in [0.3, 0.4) is 0 Å². The van der Waals surface area contributed by atoms with Crippen LogP contribution in [0.2, 0.25) is 0 Å². The molecule has 1 aliphatic heterocycles. The van der Waals surface area contributed by atoms with Crippen molar-refractivity contribution in [3.05, 3.63) is 34.9 Å². The smallest absolute Gasteiger partial charge is 0.0710 e. The minimum Gasteiger partial charge on any atom is -0.389 e. The molecule has 1 aliphatic rings. The number of rotatable bonds is 3. The van der Waals surface area contributed by atoms with Gasteiger partial charge in [-0.25, -0.2) is 0 Å². The van der Waals surface area contributed by atoms with Crippen molar-refractivity contribution in [3.63, 3.8) is 0 Å². The van der Waals surface area contributed by atoms with Crippen LogP contribution >= 0.6 is 0 Å². The van der Waals surface area contributed by atoms with Gasteiger partial charge in [-0.2, -0.15) is 0 Å². The molecule has 1 aromatic rings. The molecule has 0 bridgehead atoms. The first-order valence-corrected chi connectivity index (χ1v) is 6.35. The van der Waals surface area contributed by atoms with Gasteiger partial charge >= 0.3 is 0 Å². The average molecular weight is 234 g/mol. The molecule has 1 aromatic carbocycles. The van der Waals surface area contributed by atoms with E-state index in [1.54, 1.807) is 0 Å². The van der Waals surface area contributed by atoms with Gasteiger partial charge in [0.15, 0.2) is 0 Å². The van der Waals surface area contributed by atoms with E-state index >= 15 is 0 Å². The Balaban J connectivity index is 2.10. The van der Waals surface area contributed by atoms with E-state index in [-0.39, 0.29) is 5.92 Å². The Hall–Kier alpha value is -0.860. The van der Waals surface area contributed by atoms with Crippen molar-refractivity contribution >= 4 is 0 Å². The maximum Gasteiger partial charge on any atom is 0.0710 e. The van der Waals surface area contributed by atoms with Gasteiger partial charge in [0.05, 0.1) is 12.2 Å². The van der Waals surface area contributed by atoms with Crippen molar-refractivity contribution in [1.82, 2.24) is 0 Å². The summed E-state index contributed by atoms with van der Waals surface area (Å²) in [6.07, 6.45) is 1.68. The van der Waals surface area contributed by atoms with Crippen LogP contribution in [0.1, 0.15) is 30.0 Å². The zero-order valence-corrected chi connectivity index (χ0v) is 11.0. The molecule has 0 saturated carbocycles. The zero-order valence-electron chi connectivity index (χ0n) is 11.0. The fraction of sp³-hybridized carbons (Fsp3) is 0.600. The molecule has 2 rings (SSSR count). The van der Waals surface area contributed by atoms with E-state index in [9.17, 15) is 5.11 Å². The lowest BCUT2D eigenvalue weighted by Crippen LogP contribution is -2.37. The summed E-state index contributed by atoms with van der Waals surface area (Å²) in [5.74, 6) is 0.268. The van der Waals surface area contributed by atoms with Gasteiger partial charge < -0.3 is 9.84 Å². The number of ether oxygens (including phenoxy) is 1. The Morgan fingerprint density at radius 1 is 1.35 bits per heavy atom. The summed E-state index contributed by atoms with van der Waals surface area (Å²) in [4.78, 5) is 0. The van der Waals surface area contributed by atoms with E-state index in [0.717, 1.165) is 13.0 Å². The van der Waals surface area contributed by atoms with Crippen molar-refractivity contribution in [2.75, 3.05) is 13.2 Å². The van der Waals surface area contributed by atoms with Gasteiger partial charge in [0.1, 0.15) is 0 Å². The quantitative estimate of drug-likeness (QED) is 0.871. The minimum absolute atomic E-state index is 0.268. The fourth-order valence-electron chi connectivity index (χ4n) is 2.50. The van der Waals surface area contributed by atoms with E-state index in [2.05, 4.69) is 32.0 Å². The standard InChI is InChI=1S/C15H22O2/c1-11-4-5-13(8-12(11)2)9-15(3,16)14-6-7-17-10-14/h4-5,8,14,16H,6-7,9-10H2,1-3H3. The number of benzene rings is 1. The van der Waals surface area contributed by atoms with Crippen LogP contribution in [0.15, 0.2) is 18.2 Å². The molecule has 2 unspecified atom stereocenters. The number of aryl methyl sites for hydroxylation is 2. The second-order valence-corrected chi connectivity index (χ2v) is 5.51. The van der Waals surface area contributed by atoms with Crippen molar-refractivity contribution in [3.8, 4) is 0 Å². The first-order valence-electron chi connectivity index (χ1n) is 6.35. The monoisotopic (exact) mass is 234 g/mol. The van der Waals surface area contributed by atoms with Crippen molar-refractivity contribution in [2.45, 2.75) is 39.2 Å². The lowest BCUT2D eigenvalue weighted by atomic mass is 9.83. The van der Waals surface area contributed by atoms with E-state index < -0.39 is 5.60 Å². The van der Waals surface area contributed by atoms with Crippen LogP contribution < -0.4 is 0 Å². The van der Waals surface area contributed by atoms with Crippen LogP contribution in [0.5, 0.6) is 0 Å². The Morgan fingerprint density at radius 2 is 2.12 bits per heavy atom. The molecule has 1 saturated heterocycles. The molecule has 1 N–H and O–H groups in total. The van der Waals surface area contributed by atoms with Gasteiger partial charge in [-0.3, -0.25) is 0 Å². The first kappa shape index (κ1) is 12.6. The molecule has 0 aromatic heterocycles. The van der Waals surface area contributed by atoms with Gasteiger partial charge in [0.25, 0.3) is 0 Å². The molecule has 0 radical (unpaired) electrons. The summed E-state index contributed by atoms with van der Waals surface area (Å²) in [5.41, 5.74) is 3.15. The molecule has 1 heterocycles. The highest BCUT2D eigenvalue weighted by Gasteiger charge is 2.34. The molecule has 0 aliphatic carbocycles. The van der Waals surface area contributed by atoms with E-state index in [4.69, 9.17) is 4.74 Å². The summed E-state index contributed by atoms with van der Waals surface area (Å²) in [7, 11) is 0. The normalized spacial score (nSPS) is 23.6. The highest BCUT2D eigenvalue weighted by atomic mass is 16.5. The zero-order chi connectivity index (χ0) is 12.5. The molecule has 2 nitrogen and oxygen atoms in total. The summed E-state index contributed by atoms with van der Waals surface area (Å²) in [6, 6.07) is 6.43. The summed E-state index contributed by atoms with van der Waals surface area (Å²) in [6.45, 7) is 7.64. The fourth-order valence-corrected chi connectivity index (χ4v) is 2.50. The van der Waals surface area contributed by atoms with Crippen LogP contribution in [0.4, 0.5) is 0 Å². The molecule has 94 valence electrons. The summed E-state index contributed by atoms with van der Waals surface area (Å²) < 4.78 is 5.36. The maximum absolute atomic E-state index is 10.5. The van der Waals surface area contributed by atoms with Gasteiger partial charge in [-0.15, -0.1) is 0 Å². The van der Waals surface area contributed by atoms with Gasteiger partial charge in [0.2, 0.25) is 0 Å². The Kier molecular flexibility index (Phi) is 3.55. The minimum atomic E-state index is -0.655. The number of hydrogen-bond donors (Lipinski definition) is 1. The Labute approximate surface area is 104 Å². The predicted octanol–water partition coefficient (Wildman–Crippen LogP) is 2.63. The Bertz CT molecular complexity index is 390. The summed E-state index contributed by atoms with van der Waals surface area (Å²) in [5, 5.41) is 10.5. The second kappa shape index (κ2) is 4.79. The van der Waals surface area contributed by atoms with Crippen LogP contribution in [-0.4, -0.2) is 23.9 Å². The third-order valence-corrected chi connectivity index (χ3v) is 3.94. The van der Waals surface area contributed by atoms with Crippen molar-refractivity contribution in [1.29, 1.82) is 0 Å². The number of hydrogen-bond acceptors (Lipinski definition) is 2. The number of aliphatic hydroxyl groups is 1. The first-order chi connectivity index (χ1) is 7.99. The van der Waals surface area contributed by atoms with Crippen LogP contribution in [-0.2, 0) is 11.2 Å². The van der Waals surface area contributed by atoms with Crippen LogP contribution in [0.25, 0.3) is 0 Å². The lowest BCUT2D eigenvalue weighted by Gasteiger charge is -2.29. The molecule has 1 fully saturated rings. The highest BCUT2D eigenvalue weighted by molar-refractivity contribution is 5.30. The third-order valence-electron chi connectivity index (χ3n) is 3.94. The average Bonchev–Trinajstić information content (AvgIpc) is 2.77. The highest BCUT2D eigenvalue weighted by Crippen LogP contribution is 2.29. The van der Waals surface area contributed by atoms with Gasteiger partial charge in [0, 0.05) is 18.9 Å². The van der Waals surface area contributed by atoms with E-state index in [1.165, 1.54) is 16.7 Å². The Morgan fingerprint density at radius 3 is 2.71 bits per heavy atom. The molecular formula is C15H22O2. The van der Waals surface area contributed by atoms with Crippen molar-refractivity contribution in [2.24, 2.45) is 5.92 Å². The SMILES string of the molecule is Cc1ccc(CC(C)(O)C2CCOC2)cc1C. The van der Waals surface area contributed by atoms with E-state index in [0.29, 0.717) is 13.0 Å². The molecule has 2 heteroatoms. The molecule has 0 spiro atoms. The largest absolute Gasteiger partial charge is 0.389 e. The molecule has 17 heavy (non-hydrogen) atoms.